The number of rotatable bonds is 3. The zero-order valence-electron chi connectivity index (χ0n) is 9.39. The first-order valence-corrected chi connectivity index (χ1v) is 5.18. The molecule has 1 aromatic rings. The lowest BCUT2D eigenvalue weighted by atomic mass is 9.98. The topological polar surface area (TPSA) is 14.1 Å². The number of aromatic nitrogens is 1. The molecule has 0 aliphatic rings. The molecule has 0 radical (unpaired) electrons. The Hall–Kier alpha value is -1.07. The van der Waals surface area contributed by atoms with Gasteiger partial charge in [0.15, 0.2) is 12.4 Å². The van der Waals surface area contributed by atoms with Gasteiger partial charge in [-0.2, -0.15) is 0 Å². The number of nitrogens with one attached hydrogen (secondary N) is 1. The number of aromatic amines is 1. The number of pyridine rings is 1. The standard InChI is InChI=1S/C10H15N.BF4/c1-3-4-9(2)10-5-7-11-8-6-10;2-1(3,4)5/h5-9H,3-4H2,1-2H3;/q;-1/p+1. The van der Waals surface area contributed by atoms with Gasteiger partial charge in [0.25, 0.3) is 0 Å². The molecule has 16 heavy (non-hydrogen) atoms. The van der Waals surface area contributed by atoms with E-state index in [1.54, 1.807) is 0 Å². The zero-order valence-corrected chi connectivity index (χ0v) is 9.39. The van der Waals surface area contributed by atoms with Crippen molar-refractivity contribution in [3.8, 4) is 0 Å². The van der Waals surface area contributed by atoms with Crippen LogP contribution in [0.3, 0.4) is 0 Å². The molecule has 0 fully saturated rings. The molecule has 1 unspecified atom stereocenters. The number of H-pyrrole nitrogens is 1. The van der Waals surface area contributed by atoms with Gasteiger partial charge in [0.1, 0.15) is 0 Å². The second-order valence-corrected chi connectivity index (χ2v) is 3.52. The normalized spacial score (nSPS) is 12.6. The summed E-state index contributed by atoms with van der Waals surface area (Å²) < 4.78 is 39.0. The van der Waals surface area contributed by atoms with Gasteiger partial charge in [-0.25, -0.2) is 4.98 Å². The fourth-order valence-electron chi connectivity index (χ4n) is 1.33. The van der Waals surface area contributed by atoms with Crippen LogP contribution in [0.1, 0.15) is 38.2 Å². The molecule has 1 N–H and O–H groups in total. The number of hydrogen-bond acceptors (Lipinski definition) is 0. The highest BCUT2D eigenvalue weighted by molar-refractivity contribution is 6.50. The van der Waals surface area contributed by atoms with Crippen LogP contribution in [-0.4, -0.2) is 7.25 Å². The highest BCUT2D eigenvalue weighted by Crippen LogP contribution is 2.18. The van der Waals surface area contributed by atoms with Gasteiger partial charge in [-0.05, 0) is 17.9 Å². The maximum Gasteiger partial charge on any atom is 0.673 e. The Morgan fingerprint density at radius 2 is 1.62 bits per heavy atom. The minimum Gasteiger partial charge on any atom is -0.418 e. The minimum atomic E-state index is -6.00. The largest absolute Gasteiger partial charge is 0.673 e. The molecule has 0 aliphatic carbocycles. The van der Waals surface area contributed by atoms with Crippen LogP contribution in [0, 0.1) is 0 Å². The van der Waals surface area contributed by atoms with Gasteiger partial charge in [0.05, 0.1) is 0 Å². The fraction of sp³-hybridized carbons (Fsp3) is 0.500. The Morgan fingerprint density at radius 1 is 1.19 bits per heavy atom. The van der Waals surface area contributed by atoms with E-state index in [4.69, 9.17) is 0 Å². The van der Waals surface area contributed by atoms with Crippen LogP contribution in [0.5, 0.6) is 0 Å². The summed E-state index contributed by atoms with van der Waals surface area (Å²) >= 11 is 0. The summed E-state index contributed by atoms with van der Waals surface area (Å²) in [6.07, 6.45) is 6.52. The maximum absolute atomic E-state index is 9.75. The van der Waals surface area contributed by atoms with Gasteiger partial charge >= 0.3 is 7.25 Å². The van der Waals surface area contributed by atoms with E-state index in [2.05, 4.69) is 31.0 Å². The molecule has 92 valence electrons. The van der Waals surface area contributed by atoms with Crippen molar-refractivity contribution in [1.82, 2.24) is 0 Å². The van der Waals surface area contributed by atoms with Gasteiger partial charge in [0.2, 0.25) is 0 Å². The van der Waals surface area contributed by atoms with Crippen molar-refractivity contribution in [3.05, 3.63) is 30.1 Å². The van der Waals surface area contributed by atoms with E-state index in [1.807, 2.05) is 12.4 Å². The van der Waals surface area contributed by atoms with Gasteiger partial charge in [-0.15, -0.1) is 0 Å². The Labute approximate surface area is 93.0 Å². The van der Waals surface area contributed by atoms with Crippen LogP contribution in [0.15, 0.2) is 24.5 Å². The summed E-state index contributed by atoms with van der Waals surface area (Å²) in [5, 5.41) is 0. The van der Waals surface area contributed by atoms with Gasteiger partial charge < -0.3 is 17.3 Å². The van der Waals surface area contributed by atoms with E-state index in [0.29, 0.717) is 5.92 Å². The molecule has 6 heteroatoms. The lowest BCUT2D eigenvalue weighted by Gasteiger charge is -2.07. The minimum absolute atomic E-state index is 0.703. The maximum atomic E-state index is 9.75. The van der Waals surface area contributed by atoms with E-state index < -0.39 is 7.25 Å². The van der Waals surface area contributed by atoms with E-state index in [0.717, 1.165) is 0 Å². The first-order chi connectivity index (χ1) is 7.34. The monoisotopic (exact) mass is 237 g/mol. The molecule has 1 rings (SSSR count). The summed E-state index contributed by atoms with van der Waals surface area (Å²) in [5.41, 5.74) is 1.44. The molecule has 0 aliphatic heterocycles. The molecule has 1 atom stereocenters. The summed E-state index contributed by atoms with van der Waals surface area (Å²) in [7, 11) is -6.00. The Morgan fingerprint density at radius 3 is 2.00 bits per heavy atom. The summed E-state index contributed by atoms with van der Waals surface area (Å²) in [4.78, 5) is 3.03. The van der Waals surface area contributed by atoms with Crippen molar-refractivity contribution >= 4 is 7.25 Å². The third-order valence-corrected chi connectivity index (χ3v) is 2.03. The van der Waals surface area contributed by atoms with Gasteiger partial charge in [-0.1, -0.05) is 20.3 Å². The quantitative estimate of drug-likeness (QED) is 0.562. The third-order valence-electron chi connectivity index (χ3n) is 2.03. The van der Waals surface area contributed by atoms with E-state index in [-0.39, 0.29) is 0 Å². The van der Waals surface area contributed by atoms with Gasteiger partial charge in [-0.3, -0.25) is 0 Å². The molecule has 1 heterocycles. The first-order valence-electron chi connectivity index (χ1n) is 5.18. The molecule has 0 bridgehead atoms. The Kier molecular flexibility index (Phi) is 6.77. The zero-order chi connectivity index (χ0) is 12.6. The van der Waals surface area contributed by atoms with Crippen LogP contribution in [0.2, 0.25) is 0 Å². The van der Waals surface area contributed by atoms with Crippen LogP contribution >= 0.6 is 0 Å². The van der Waals surface area contributed by atoms with Gasteiger partial charge in [0, 0.05) is 12.1 Å². The van der Waals surface area contributed by atoms with Crippen LogP contribution in [0.25, 0.3) is 0 Å². The molecule has 1 nitrogen and oxygen atoms in total. The molecule has 1 aromatic heterocycles. The van der Waals surface area contributed by atoms with E-state index in [1.165, 1.54) is 18.4 Å². The second-order valence-electron chi connectivity index (χ2n) is 3.52. The summed E-state index contributed by atoms with van der Waals surface area (Å²) in [6.45, 7) is 4.50. The van der Waals surface area contributed by atoms with Crippen LogP contribution in [0.4, 0.5) is 17.3 Å². The lowest BCUT2D eigenvalue weighted by molar-refractivity contribution is -0.378. The average molecular weight is 237 g/mol. The van der Waals surface area contributed by atoms with E-state index >= 15 is 0 Å². The average Bonchev–Trinajstić information content (AvgIpc) is 2.17. The molecule has 0 amide bonds. The Balaban J connectivity index is 0.000000385. The molecular formula is C10H16BF4N. The van der Waals surface area contributed by atoms with Crippen molar-refractivity contribution < 1.29 is 22.2 Å². The highest BCUT2D eigenvalue weighted by atomic mass is 19.5. The Bertz CT molecular complexity index is 270. The van der Waals surface area contributed by atoms with Crippen LogP contribution in [-0.2, 0) is 0 Å². The molecule has 0 saturated carbocycles. The first kappa shape index (κ1) is 14.9. The van der Waals surface area contributed by atoms with Crippen molar-refractivity contribution in [2.75, 3.05) is 0 Å². The SMILES string of the molecule is CCCC(C)c1cc[nH+]cc1.F[B-](F)(F)F. The molecule has 0 spiro atoms. The predicted octanol–water partition coefficient (Wildman–Crippen LogP) is 3.70. The van der Waals surface area contributed by atoms with Crippen molar-refractivity contribution in [2.24, 2.45) is 0 Å². The summed E-state index contributed by atoms with van der Waals surface area (Å²) in [5.74, 6) is 0.703. The van der Waals surface area contributed by atoms with Crippen molar-refractivity contribution in [1.29, 1.82) is 0 Å². The van der Waals surface area contributed by atoms with E-state index in [9.17, 15) is 17.3 Å². The van der Waals surface area contributed by atoms with Crippen molar-refractivity contribution in [2.45, 2.75) is 32.6 Å². The number of halogens is 4. The predicted molar refractivity (Wildman–Crippen MR) is 56.5 cm³/mol. The smallest absolute Gasteiger partial charge is 0.418 e. The highest BCUT2D eigenvalue weighted by Gasteiger charge is 2.20. The second kappa shape index (κ2) is 7.25. The van der Waals surface area contributed by atoms with Crippen molar-refractivity contribution in [3.63, 3.8) is 0 Å². The lowest BCUT2D eigenvalue weighted by Crippen LogP contribution is -2.02. The molecular weight excluding hydrogens is 221 g/mol. The number of hydrogen-bond donors (Lipinski definition) is 0. The molecule has 0 aromatic carbocycles. The third kappa shape index (κ3) is 9.49. The van der Waals surface area contributed by atoms with Crippen LogP contribution < -0.4 is 4.98 Å². The fourth-order valence-corrected chi connectivity index (χ4v) is 1.33. The molecule has 0 saturated heterocycles. The summed E-state index contributed by atoms with van der Waals surface area (Å²) in [6, 6.07) is 4.31.